The van der Waals surface area contributed by atoms with E-state index >= 15 is 0 Å². The third-order valence-corrected chi connectivity index (χ3v) is 3.30. The number of aromatic nitrogens is 1. The van der Waals surface area contributed by atoms with E-state index in [0.29, 0.717) is 21.5 Å². The van der Waals surface area contributed by atoms with Crippen molar-refractivity contribution in [1.29, 1.82) is 0 Å². The van der Waals surface area contributed by atoms with Crippen LogP contribution in [0.4, 0.5) is 4.39 Å². The van der Waals surface area contributed by atoms with Crippen LogP contribution in [0.5, 0.6) is 5.75 Å². The lowest BCUT2D eigenvalue weighted by Crippen LogP contribution is -2.09. The summed E-state index contributed by atoms with van der Waals surface area (Å²) < 4.78 is 13.3. The number of fused-ring (bicyclic) bond motifs is 1. The van der Waals surface area contributed by atoms with Crippen LogP contribution in [-0.4, -0.2) is 10.1 Å². The summed E-state index contributed by atoms with van der Waals surface area (Å²) in [5, 5.41) is 11.2. The van der Waals surface area contributed by atoms with Crippen LogP contribution in [0, 0.1) is 5.82 Å². The van der Waals surface area contributed by atoms with Crippen molar-refractivity contribution < 1.29 is 9.50 Å². The number of hydrogen-bond acceptors (Lipinski definition) is 2. The fourth-order valence-electron chi connectivity index (χ4n) is 2.17. The van der Waals surface area contributed by atoms with E-state index < -0.39 is 11.4 Å². The third kappa shape index (κ3) is 2.04. The number of pyridine rings is 1. The van der Waals surface area contributed by atoms with Crippen LogP contribution < -0.4 is 5.56 Å². The van der Waals surface area contributed by atoms with Crippen molar-refractivity contribution in [3.63, 3.8) is 0 Å². The van der Waals surface area contributed by atoms with E-state index in [-0.39, 0.29) is 11.3 Å². The van der Waals surface area contributed by atoms with E-state index in [1.807, 2.05) is 0 Å². The molecule has 0 fully saturated rings. The molecule has 0 radical (unpaired) electrons. The molecule has 0 aliphatic rings. The fourth-order valence-corrected chi connectivity index (χ4v) is 2.34. The molecule has 0 saturated carbocycles. The van der Waals surface area contributed by atoms with Gasteiger partial charge in [0.25, 0.3) is 5.56 Å². The van der Waals surface area contributed by atoms with Gasteiger partial charge in [-0.1, -0.05) is 23.7 Å². The molecule has 0 spiro atoms. The van der Waals surface area contributed by atoms with Gasteiger partial charge in [0, 0.05) is 10.4 Å². The van der Waals surface area contributed by atoms with E-state index in [1.165, 1.54) is 18.2 Å². The van der Waals surface area contributed by atoms with Crippen LogP contribution in [0.3, 0.4) is 0 Å². The van der Waals surface area contributed by atoms with Crippen molar-refractivity contribution in [2.75, 3.05) is 0 Å². The van der Waals surface area contributed by atoms with Crippen molar-refractivity contribution in [3.8, 4) is 16.9 Å². The van der Waals surface area contributed by atoms with Gasteiger partial charge in [-0.3, -0.25) is 4.79 Å². The highest BCUT2D eigenvalue weighted by Crippen LogP contribution is 2.32. The molecule has 1 heterocycles. The Morgan fingerprint density at radius 2 is 1.95 bits per heavy atom. The number of aromatic amines is 1. The molecule has 0 amide bonds. The van der Waals surface area contributed by atoms with Crippen LogP contribution in [0.25, 0.3) is 22.0 Å². The van der Waals surface area contributed by atoms with Crippen LogP contribution in [-0.2, 0) is 0 Å². The van der Waals surface area contributed by atoms with E-state index in [2.05, 4.69) is 4.98 Å². The first-order valence-corrected chi connectivity index (χ1v) is 6.24. The fraction of sp³-hybridized carbons (Fsp3) is 0. The van der Waals surface area contributed by atoms with Crippen LogP contribution >= 0.6 is 11.6 Å². The zero-order valence-corrected chi connectivity index (χ0v) is 10.9. The maximum Gasteiger partial charge on any atom is 0.260 e. The molecule has 2 N–H and O–H groups in total. The molecule has 3 rings (SSSR count). The summed E-state index contributed by atoms with van der Waals surface area (Å²) in [5.41, 5.74) is 0.294. The second-order valence-corrected chi connectivity index (χ2v) is 4.81. The summed E-state index contributed by atoms with van der Waals surface area (Å²) >= 11 is 5.85. The maximum absolute atomic E-state index is 13.3. The van der Waals surface area contributed by atoms with Gasteiger partial charge in [0.2, 0.25) is 0 Å². The summed E-state index contributed by atoms with van der Waals surface area (Å²) in [4.78, 5) is 14.7. The maximum atomic E-state index is 13.3. The Bertz CT molecular complexity index is 873. The molecule has 0 bridgehead atoms. The Balaban J connectivity index is 2.37. The summed E-state index contributed by atoms with van der Waals surface area (Å²) in [5.74, 6) is -0.663. The molecule has 100 valence electrons. The van der Waals surface area contributed by atoms with Crippen molar-refractivity contribution in [2.24, 2.45) is 0 Å². The average Bonchev–Trinajstić information content (AvgIpc) is 2.38. The molecule has 0 aliphatic carbocycles. The van der Waals surface area contributed by atoms with E-state index in [0.717, 1.165) is 0 Å². The highest BCUT2D eigenvalue weighted by atomic mass is 35.5. The number of benzene rings is 2. The highest BCUT2D eigenvalue weighted by Gasteiger charge is 2.14. The van der Waals surface area contributed by atoms with Crippen molar-refractivity contribution in [3.05, 3.63) is 63.7 Å². The second kappa shape index (κ2) is 4.65. The molecule has 0 saturated heterocycles. The number of H-pyrrole nitrogens is 1. The molecule has 0 aliphatic heterocycles. The van der Waals surface area contributed by atoms with E-state index in [1.54, 1.807) is 24.3 Å². The summed E-state index contributed by atoms with van der Waals surface area (Å²) in [7, 11) is 0. The van der Waals surface area contributed by atoms with Gasteiger partial charge >= 0.3 is 0 Å². The topological polar surface area (TPSA) is 53.1 Å². The van der Waals surface area contributed by atoms with Crippen molar-refractivity contribution in [2.45, 2.75) is 0 Å². The van der Waals surface area contributed by atoms with Gasteiger partial charge in [0.1, 0.15) is 11.6 Å². The second-order valence-electron chi connectivity index (χ2n) is 4.38. The zero-order chi connectivity index (χ0) is 14.3. The molecule has 0 atom stereocenters. The highest BCUT2D eigenvalue weighted by molar-refractivity contribution is 6.31. The van der Waals surface area contributed by atoms with Crippen LogP contribution in [0.15, 0.2) is 47.3 Å². The lowest BCUT2D eigenvalue weighted by atomic mass is 10.0. The smallest absolute Gasteiger partial charge is 0.260 e. The summed E-state index contributed by atoms with van der Waals surface area (Å²) in [6.45, 7) is 0. The third-order valence-electron chi connectivity index (χ3n) is 3.06. The number of rotatable bonds is 1. The molecule has 0 unspecified atom stereocenters. The molecular formula is C15H9ClFNO2. The van der Waals surface area contributed by atoms with Gasteiger partial charge in [0.15, 0.2) is 0 Å². The number of aromatic hydroxyl groups is 1. The average molecular weight is 290 g/mol. The summed E-state index contributed by atoms with van der Waals surface area (Å²) in [6.07, 6.45) is 0. The van der Waals surface area contributed by atoms with Crippen molar-refractivity contribution >= 4 is 22.5 Å². The normalized spacial score (nSPS) is 10.9. The Labute approximate surface area is 118 Å². The van der Waals surface area contributed by atoms with Gasteiger partial charge < -0.3 is 10.1 Å². The number of halogens is 2. The number of hydrogen-bond donors (Lipinski definition) is 2. The first-order valence-electron chi connectivity index (χ1n) is 5.87. The Morgan fingerprint density at radius 1 is 1.15 bits per heavy atom. The SMILES string of the molecule is O=c1[nH]c2cc(Cl)ccc2c(O)c1-c1cccc(F)c1. The molecule has 20 heavy (non-hydrogen) atoms. The summed E-state index contributed by atoms with van der Waals surface area (Å²) in [6, 6.07) is 10.3. The zero-order valence-electron chi connectivity index (χ0n) is 10.2. The largest absolute Gasteiger partial charge is 0.506 e. The Morgan fingerprint density at radius 3 is 2.70 bits per heavy atom. The van der Waals surface area contributed by atoms with Crippen LogP contribution in [0.2, 0.25) is 5.02 Å². The Kier molecular flexibility index (Phi) is 2.95. The first kappa shape index (κ1) is 12.7. The standard InChI is InChI=1S/C15H9ClFNO2/c16-9-4-5-11-12(7-9)18-15(20)13(14(11)19)8-2-1-3-10(17)6-8/h1-7H,(H2,18,19,20). The predicted molar refractivity (Wildman–Crippen MR) is 76.6 cm³/mol. The molecule has 2 aromatic carbocycles. The Hall–Kier alpha value is -2.33. The minimum absolute atomic E-state index is 0.0410. The molecule has 3 nitrogen and oxygen atoms in total. The number of nitrogens with one attached hydrogen (secondary N) is 1. The first-order chi connectivity index (χ1) is 9.56. The van der Waals surface area contributed by atoms with Crippen molar-refractivity contribution in [1.82, 2.24) is 4.98 Å². The van der Waals surface area contributed by atoms with Gasteiger partial charge in [0.05, 0.1) is 11.1 Å². The minimum atomic E-state index is -0.497. The minimum Gasteiger partial charge on any atom is -0.506 e. The molecular weight excluding hydrogens is 281 g/mol. The monoisotopic (exact) mass is 289 g/mol. The molecule has 1 aromatic heterocycles. The lowest BCUT2D eigenvalue weighted by molar-refractivity contribution is 0.482. The molecule has 3 aromatic rings. The van der Waals surface area contributed by atoms with Crippen LogP contribution in [0.1, 0.15) is 0 Å². The van der Waals surface area contributed by atoms with E-state index in [9.17, 15) is 14.3 Å². The quantitative estimate of drug-likeness (QED) is 0.718. The van der Waals surface area contributed by atoms with Gasteiger partial charge in [-0.2, -0.15) is 0 Å². The van der Waals surface area contributed by atoms with Gasteiger partial charge in [-0.05, 0) is 35.9 Å². The van der Waals surface area contributed by atoms with E-state index in [4.69, 9.17) is 11.6 Å². The predicted octanol–water partition coefficient (Wildman–Crippen LogP) is 3.69. The van der Waals surface area contributed by atoms with Gasteiger partial charge in [-0.15, -0.1) is 0 Å². The molecule has 5 heteroatoms. The van der Waals surface area contributed by atoms with Gasteiger partial charge in [-0.25, -0.2) is 4.39 Å². The lowest BCUT2D eigenvalue weighted by Gasteiger charge is -2.08.